The lowest BCUT2D eigenvalue weighted by Gasteiger charge is -2.64. The Morgan fingerprint density at radius 3 is 2.67 bits per heavy atom. The van der Waals surface area contributed by atoms with Crippen LogP contribution in [0.15, 0.2) is 36.9 Å². The van der Waals surface area contributed by atoms with E-state index in [1.807, 2.05) is 40.1 Å². The van der Waals surface area contributed by atoms with Crippen LogP contribution in [0.1, 0.15) is 63.9 Å². The maximum atomic E-state index is 14.3. The average molecular weight is 555 g/mol. The summed E-state index contributed by atoms with van der Waals surface area (Å²) in [6.07, 6.45) is 5.05. The second-order valence-corrected chi connectivity index (χ2v) is 11.8. The highest BCUT2D eigenvalue weighted by Gasteiger charge is 2.74. The monoisotopic (exact) mass is 554 g/mol. The van der Waals surface area contributed by atoms with Crippen LogP contribution in [0.5, 0.6) is 5.75 Å². The number of aliphatic hydroxyl groups is 1. The second kappa shape index (κ2) is 11.5. The number of hydrogen-bond donors (Lipinski definition) is 1. The number of unbranched alkanes of at least 4 members (excludes halogenated alkanes) is 1. The van der Waals surface area contributed by atoms with Gasteiger partial charge in [0.15, 0.2) is 6.29 Å². The number of aliphatic hydroxyl groups excluding tert-OH is 1. The van der Waals surface area contributed by atoms with E-state index in [1.54, 1.807) is 14.0 Å². The Morgan fingerprint density at radius 2 is 2.02 bits per heavy atom. The van der Waals surface area contributed by atoms with E-state index in [-0.39, 0.29) is 49.3 Å². The molecule has 1 aromatic rings. The molecule has 0 aromatic heterocycles. The zero-order chi connectivity index (χ0) is 28.5. The number of carbonyl (C=O) groups excluding carboxylic acids is 3. The number of allylic oxidation sites excluding steroid dienone is 1. The van der Waals surface area contributed by atoms with E-state index < -0.39 is 23.3 Å². The summed E-state index contributed by atoms with van der Waals surface area (Å²) in [6.45, 7) is 6.91. The van der Waals surface area contributed by atoms with Gasteiger partial charge in [-0.05, 0) is 69.1 Å². The fourth-order valence-electron chi connectivity index (χ4n) is 8.16. The number of benzene rings is 1. The fraction of sp³-hybridized carbons (Fsp3) is 0.645. The molecule has 40 heavy (non-hydrogen) atoms. The van der Waals surface area contributed by atoms with E-state index in [1.165, 1.54) is 0 Å². The van der Waals surface area contributed by atoms with Crippen molar-refractivity contribution in [3.63, 3.8) is 0 Å². The quantitative estimate of drug-likeness (QED) is 0.268. The van der Waals surface area contributed by atoms with Gasteiger partial charge >= 0.3 is 5.97 Å². The van der Waals surface area contributed by atoms with Gasteiger partial charge in [0.2, 0.25) is 11.8 Å². The topological polar surface area (TPSA) is 106 Å². The van der Waals surface area contributed by atoms with E-state index >= 15 is 0 Å². The standard InChI is InChI=1S/C31H42N2O7/c1-4-6-7-8-25(34)32-16-14-24-23-17-30(15-13-26(35)40-20-30)29(32)31(24,18-27(36)39-5-2)33(28(23)37)19-21-9-11-22(38-3)12-10-21/h4,9-12,23-24,26,29,35H,1,5-8,13-20H2,2-3H3/t23-,24+,26+,29-,30-,31-/m0/s1. The number of carbonyl (C=O) groups is 3. The molecule has 1 aliphatic carbocycles. The van der Waals surface area contributed by atoms with Crippen molar-refractivity contribution >= 4 is 17.8 Å². The van der Waals surface area contributed by atoms with Gasteiger partial charge in [0.1, 0.15) is 5.75 Å². The Labute approximate surface area is 236 Å². The molecule has 4 bridgehead atoms. The zero-order valence-corrected chi connectivity index (χ0v) is 23.7. The number of hydrogen-bond acceptors (Lipinski definition) is 7. The Balaban J connectivity index is 1.62. The van der Waals surface area contributed by atoms with Gasteiger partial charge in [0.25, 0.3) is 0 Å². The molecule has 2 amide bonds. The van der Waals surface area contributed by atoms with Crippen molar-refractivity contribution < 1.29 is 33.7 Å². The molecule has 4 aliphatic rings. The minimum absolute atomic E-state index is 0.0231. The predicted octanol–water partition coefficient (Wildman–Crippen LogP) is 3.44. The van der Waals surface area contributed by atoms with Gasteiger partial charge in [-0.3, -0.25) is 14.4 Å². The first-order chi connectivity index (χ1) is 19.3. The first-order valence-electron chi connectivity index (χ1n) is 14.6. The highest BCUT2D eigenvalue weighted by molar-refractivity contribution is 5.87. The third-order valence-electron chi connectivity index (χ3n) is 9.69. The SMILES string of the molecule is C=CCCCC(=O)N1CC[C@@H]2[C@@H]3C[C@]4(CC[C@H](O)OC4)[C@H]1[C@@]2(CC(=O)OCC)N(Cc1ccc(OC)cc1)C3=O. The Morgan fingerprint density at radius 1 is 1.25 bits per heavy atom. The van der Waals surface area contributed by atoms with Crippen molar-refractivity contribution in [1.82, 2.24) is 9.80 Å². The van der Waals surface area contributed by atoms with Crippen LogP contribution in [-0.2, 0) is 30.4 Å². The highest BCUT2D eigenvalue weighted by Crippen LogP contribution is 2.64. The summed E-state index contributed by atoms with van der Waals surface area (Å²) in [5, 5.41) is 10.3. The number of methoxy groups -OCH3 is 1. The summed E-state index contributed by atoms with van der Waals surface area (Å²) in [7, 11) is 1.61. The van der Waals surface area contributed by atoms with Crippen LogP contribution in [0, 0.1) is 17.3 Å². The first kappa shape index (κ1) is 28.6. The molecule has 5 rings (SSSR count). The lowest BCUT2D eigenvalue weighted by Crippen LogP contribution is -2.75. The van der Waals surface area contributed by atoms with E-state index in [9.17, 15) is 19.5 Å². The van der Waals surface area contributed by atoms with Gasteiger partial charge in [-0.1, -0.05) is 18.2 Å². The lowest BCUT2D eigenvalue weighted by molar-refractivity contribution is -0.223. The molecule has 1 spiro atoms. The molecule has 3 heterocycles. The maximum Gasteiger partial charge on any atom is 0.308 e. The normalized spacial score (nSPS) is 32.7. The summed E-state index contributed by atoms with van der Waals surface area (Å²) in [5.74, 6) is 0.0606. The highest BCUT2D eigenvalue weighted by atomic mass is 16.6. The lowest BCUT2D eigenvalue weighted by atomic mass is 9.51. The zero-order valence-electron chi connectivity index (χ0n) is 23.7. The molecule has 1 aromatic carbocycles. The number of esters is 1. The van der Waals surface area contributed by atoms with Crippen LogP contribution < -0.4 is 4.74 Å². The molecule has 3 aliphatic heterocycles. The number of fused-ring (bicyclic) bond motifs is 1. The van der Waals surface area contributed by atoms with Gasteiger partial charge in [-0.2, -0.15) is 0 Å². The number of nitrogens with zero attached hydrogens (tertiary/aromatic N) is 2. The first-order valence-corrected chi connectivity index (χ1v) is 14.6. The molecule has 9 heteroatoms. The molecule has 0 unspecified atom stereocenters. The third kappa shape index (κ3) is 4.81. The molecule has 4 fully saturated rings. The van der Waals surface area contributed by atoms with Crippen molar-refractivity contribution in [3.05, 3.63) is 42.5 Å². The molecule has 6 atom stereocenters. The summed E-state index contributed by atoms with van der Waals surface area (Å²) >= 11 is 0. The van der Waals surface area contributed by atoms with Crippen LogP contribution in [0.3, 0.4) is 0 Å². The van der Waals surface area contributed by atoms with E-state index in [2.05, 4.69) is 6.58 Å². The molecule has 1 saturated carbocycles. The summed E-state index contributed by atoms with van der Waals surface area (Å²) < 4.78 is 16.7. The minimum atomic E-state index is -0.926. The van der Waals surface area contributed by atoms with E-state index in [0.717, 1.165) is 17.7 Å². The van der Waals surface area contributed by atoms with Crippen molar-refractivity contribution in [2.24, 2.45) is 17.3 Å². The van der Waals surface area contributed by atoms with E-state index in [4.69, 9.17) is 14.2 Å². The van der Waals surface area contributed by atoms with Gasteiger partial charge in [-0.15, -0.1) is 6.58 Å². The van der Waals surface area contributed by atoms with Gasteiger partial charge in [0.05, 0.1) is 38.3 Å². The molecule has 1 N–H and O–H groups in total. The van der Waals surface area contributed by atoms with Crippen LogP contribution in [0.4, 0.5) is 0 Å². The van der Waals surface area contributed by atoms with Crippen molar-refractivity contribution in [2.75, 3.05) is 26.9 Å². The average Bonchev–Trinajstić information content (AvgIpc) is 3.11. The second-order valence-electron chi connectivity index (χ2n) is 11.8. The van der Waals surface area contributed by atoms with Crippen LogP contribution in [0.25, 0.3) is 0 Å². The number of rotatable bonds is 10. The van der Waals surface area contributed by atoms with Gasteiger partial charge < -0.3 is 29.1 Å². The van der Waals surface area contributed by atoms with Crippen LogP contribution in [-0.4, -0.2) is 77.4 Å². The Kier molecular flexibility index (Phi) is 8.25. The summed E-state index contributed by atoms with van der Waals surface area (Å²) in [5.41, 5.74) is -0.549. The maximum absolute atomic E-state index is 14.3. The van der Waals surface area contributed by atoms with Gasteiger partial charge in [-0.25, -0.2) is 0 Å². The number of ether oxygens (including phenoxy) is 3. The molecule has 3 saturated heterocycles. The molecule has 218 valence electrons. The molecule has 0 radical (unpaired) electrons. The third-order valence-corrected chi connectivity index (χ3v) is 9.69. The number of amides is 2. The van der Waals surface area contributed by atoms with Gasteiger partial charge in [0, 0.05) is 30.8 Å². The summed E-state index contributed by atoms with van der Waals surface area (Å²) in [4.78, 5) is 45.4. The Bertz CT molecular complexity index is 1110. The number of likely N-dealkylation sites (tertiary alicyclic amines) is 2. The fourth-order valence-corrected chi connectivity index (χ4v) is 8.16. The predicted molar refractivity (Wildman–Crippen MR) is 147 cm³/mol. The van der Waals surface area contributed by atoms with Crippen molar-refractivity contribution in [2.45, 2.75) is 82.7 Å². The number of piperidine rings is 1. The summed E-state index contributed by atoms with van der Waals surface area (Å²) in [6, 6.07) is 7.20. The van der Waals surface area contributed by atoms with Crippen LogP contribution in [0.2, 0.25) is 0 Å². The molecular formula is C31H42N2O7. The Hall–Kier alpha value is -2.91. The van der Waals surface area contributed by atoms with Crippen molar-refractivity contribution in [3.8, 4) is 5.75 Å². The molecule has 9 nitrogen and oxygen atoms in total. The van der Waals surface area contributed by atoms with Crippen LogP contribution >= 0.6 is 0 Å². The molecular weight excluding hydrogens is 512 g/mol. The largest absolute Gasteiger partial charge is 0.497 e. The van der Waals surface area contributed by atoms with Crippen molar-refractivity contribution in [1.29, 1.82) is 0 Å². The minimum Gasteiger partial charge on any atom is -0.497 e. The smallest absolute Gasteiger partial charge is 0.308 e. The van der Waals surface area contributed by atoms with E-state index in [0.29, 0.717) is 51.6 Å².